The first-order valence-electron chi connectivity index (χ1n) is 9.25. The number of morpholine rings is 1. The maximum absolute atomic E-state index is 13.0. The lowest BCUT2D eigenvalue weighted by Gasteiger charge is -2.35. The number of rotatable bonds is 4. The van der Waals surface area contributed by atoms with Gasteiger partial charge < -0.3 is 15.0 Å². The Kier molecular flexibility index (Phi) is 8.62. The molecule has 1 unspecified atom stereocenters. The molecule has 0 amide bonds. The van der Waals surface area contributed by atoms with E-state index in [1.54, 1.807) is 25.2 Å². The molecule has 0 aromatic heterocycles. The van der Waals surface area contributed by atoms with Crippen LogP contribution in [0.2, 0.25) is 0 Å². The molecule has 31 heavy (non-hydrogen) atoms. The Morgan fingerprint density at radius 1 is 1.29 bits per heavy atom. The fraction of sp³-hybridized carbons (Fsp3) is 0.350. The van der Waals surface area contributed by atoms with Crippen LogP contribution in [0.1, 0.15) is 22.8 Å². The van der Waals surface area contributed by atoms with Gasteiger partial charge in [0.25, 0.3) is 5.69 Å². The lowest BCUT2D eigenvalue weighted by atomic mass is 10.0. The molecule has 1 saturated heterocycles. The van der Waals surface area contributed by atoms with Gasteiger partial charge in [0, 0.05) is 32.3 Å². The maximum Gasteiger partial charge on any atom is 0.416 e. The van der Waals surface area contributed by atoms with Crippen molar-refractivity contribution >= 4 is 35.6 Å². The number of nitrogens with one attached hydrogen (secondary N) is 1. The summed E-state index contributed by atoms with van der Waals surface area (Å²) >= 11 is 0. The Morgan fingerprint density at radius 3 is 2.71 bits per heavy atom. The van der Waals surface area contributed by atoms with Crippen molar-refractivity contribution in [2.45, 2.75) is 18.8 Å². The molecule has 11 heteroatoms. The highest BCUT2D eigenvalue weighted by atomic mass is 127. The van der Waals surface area contributed by atoms with Crippen LogP contribution in [0.5, 0.6) is 0 Å². The summed E-state index contributed by atoms with van der Waals surface area (Å²) in [5, 5.41) is 14.1. The third kappa shape index (κ3) is 6.53. The number of nitrogens with zero attached hydrogens (tertiary/aromatic N) is 3. The minimum atomic E-state index is -4.42. The fourth-order valence-corrected chi connectivity index (χ4v) is 3.25. The van der Waals surface area contributed by atoms with E-state index < -0.39 is 22.8 Å². The Bertz CT molecular complexity index is 940. The van der Waals surface area contributed by atoms with E-state index >= 15 is 0 Å². The standard InChI is InChI=1S/C20H21F3N4O3.HI/c1-24-19(25-12-14-4-2-7-17(10-14)27(28)29)26-8-9-30-18(13-26)15-5-3-6-16(11-15)20(21,22)23;/h2-7,10-11,18H,8-9,12-13H2,1H3,(H,24,25);1H. The molecular weight excluding hydrogens is 528 g/mol. The van der Waals surface area contributed by atoms with E-state index in [0.29, 0.717) is 43.3 Å². The molecule has 1 aliphatic rings. The fourth-order valence-electron chi connectivity index (χ4n) is 3.25. The summed E-state index contributed by atoms with van der Waals surface area (Å²) in [7, 11) is 1.60. The zero-order chi connectivity index (χ0) is 21.7. The number of alkyl halides is 3. The summed E-state index contributed by atoms with van der Waals surface area (Å²) < 4.78 is 44.7. The summed E-state index contributed by atoms with van der Waals surface area (Å²) in [5.41, 5.74) is 0.450. The topological polar surface area (TPSA) is 80.0 Å². The lowest BCUT2D eigenvalue weighted by Crippen LogP contribution is -2.48. The molecule has 2 aromatic carbocycles. The van der Waals surface area contributed by atoms with Gasteiger partial charge in [0.1, 0.15) is 6.10 Å². The van der Waals surface area contributed by atoms with Gasteiger partial charge in [-0.1, -0.05) is 24.3 Å². The van der Waals surface area contributed by atoms with Gasteiger partial charge in [0.2, 0.25) is 0 Å². The Labute approximate surface area is 194 Å². The van der Waals surface area contributed by atoms with E-state index in [9.17, 15) is 23.3 Å². The first kappa shape index (κ1) is 24.9. The van der Waals surface area contributed by atoms with Gasteiger partial charge in [-0.05, 0) is 23.3 Å². The van der Waals surface area contributed by atoms with Crippen LogP contribution in [0.4, 0.5) is 18.9 Å². The number of benzene rings is 2. The molecule has 1 heterocycles. The Balaban J connectivity index is 0.00000341. The van der Waals surface area contributed by atoms with Gasteiger partial charge in [-0.3, -0.25) is 15.1 Å². The highest BCUT2D eigenvalue weighted by Crippen LogP contribution is 2.32. The van der Waals surface area contributed by atoms with Gasteiger partial charge in [-0.2, -0.15) is 13.2 Å². The normalized spacial score (nSPS) is 17.1. The number of aliphatic imine (C=N–C) groups is 1. The minimum Gasteiger partial charge on any atom is -0.370 e. The molecule has 168 valence electrons. The van der Waals surface area contributed by atoms with E-state index in [0.717, 1.165) is 12.1 Å². The third-order valence-corrected chi connectivity index (χ3v) is 4.74. The van der Waals surface area contributed by atoms with Gasteiger partial charge in [0.05, 0.1) is 23.6 Å². The van der Waals surface area contributed by atoms with Crippen molar-refractivity contribution in [3.05, 3.63) is 75.3 Å². The predicted molar refractivity (Wildman–Crippen MR) is 120 cm³/mol. The molecule has 7 nitrogen and oxygen atoms in total. The van der Waals surface area contributed by atoms with Crippen molar-refractivity contribution in [2.75, 3.05) is 26.7 Å². The Hall–Kier alpha value is -2.41. The molecule has 1 aliphatic heterocycles. The van der Waals surface area contributed by atoms with Crippen molar-refractivity contribution in [1.29, 1.82) is 0 Å². The van der Waals surface area contributed by atoms with Crippen LogP contribution in [-0.4, -0.2) is 42.5 Å². The van der Waals surface area contributed by atoms with Crippen LogP contribution in [0, 0.1) is 10.1 Å². The second-order valence-electron chi connectivity index (χ2n) is 6.76. The van der Waals surface area contributed by atoms with Crippen LogP contribution < -0.4 is 5.32 Å². The monoisotopic (exact) mass is 550 g/mol. The van der Waals surface area contributed by atoms with Crippen LogP contribution in [-0.2, 0) is 17.5 Å². The SMILES string of the molecule is CN=C(NCc1cccc([N+](=O)[O-])c1)N1CCOC(c2cccc(C(F)(F)F)c2)C1.I. The van der Waals surface area contributed by atoms with E-state index in [1.807, 2.05) is 4.90 Å². The number of ether oxygens (including phenoxy) is 1. The second kappa shape index (κ2) is 10.8. The van der Waals surface area contributed by atoms with Crippen LogP contribution in [0.15, 0.2) is 53.5 Å². The Morgan fingerprint density at radius 2 is 2.03 bits per heavy atom. The van der Waals surface area contributed by atoms with Crippen molar-refractivity contribution in [1.82, 2.24) is 10.2 Å². The molecule has 1 fully saturated rings. The van der Waals surface area contributed by atoms with Gasteiger partial charge in [-0.15, -0.1) is 24.0 Å². The second-order valence-corrected chi connectivity index (χ2v) is 6.76. The van der Waals surface area contributed by atoms with Gasteiger partial charge in [-0.25, -0.2) is 0 Å². The number of nitro groups is 1. The highest BCUT2D eigenvalue weighted by Gasteiger charge is 2.32. The minimum absolute atomic E-state index is 0. The van der Waals surface area contributed by atoms with Crippen LogP contribution in [0.3, 0.4) is 0 Å². The largest absolute Gasteiger partial charge is 0.416 e. The zero-order valence-electron chi connectivity index (χ0n) is 16.6. The summed E-state index contributed by atoms with van der Waals surface area (Å²) in [6, 6.07) is 11.4. The lowest BCUT2D eigenvalue weighted by molar-refractivity contribution is -0.384. The van der Waals surface area contributed by atoms with E-state index in [4.69, 9.17) is 4.74 Å². The maximum atomic E-state index is 13.0. The van der Waals surface area contributed by atoms with E-state index in [-0.39, 0.29) is 29.7 Å². The summed E-state index contributed by atoms with van der Waals surface area (Å²) in [6.45, 7) is 1.50. The van der Waals surface area contributed by atoms with Crippen LogP contribution in [0.25, 0.3) is 0 Å². The molecule has 1 atom stereocenters. The number of hydrogen-bond donors (Lipinski definition) is 1. The number of halogens is 4. The number of guanidine groups is 1. The van der Waals surface area contributed by atoms with Crippen molar-refractivity contribution in [3.63, 3.8) is 0 Å². The summed E-state index contributed by atoms with van der Waals surface area (Å²) in [4.78, 5) is 16.6. The molecule has 0 saturated carbocycles. The molecule has 0 spiro atoms. The molecular formula is C20H22F3IN4O3. The smallest absolute Gasteiger partial charge is 0.370 e. The van der Waals surface area contributed by atoms with Gasteiger partial charge >= 0.3 is 6.18 Å². The summed E-state index contributed by atoms with van der Waals surface area (Å²) in [5.74, 6) is 0.543. The zero-order valence-corrected chi connectivity index (χ0v) is 19.0. The van der Waals surface area contributed by atoms with E-state index in [2.05, 4.69) is 10.3 Å². The van der Waals surface area contributed by atoms with Crippen molar-refractivity contribution in [2.24, 2.45) is 4.99 Å². The van der Waals surface area contributed by atoms with Gasteiger partial charge in [0.15, 0.2) is 5.96 Å². The van der Waals surface area contributed by atoms with Crippen molar-refractivity contribution < 1.29 is 22.8 Å². The average molecular weight is 550 g/mol. The molecule has 1 N–H and O–H groups in total. The summed E-state index contributed by atoms with van der Waals surface area (Å²) in [6.07, 6.45) is -4.95. The molecule has 0 aliphatic carbocycles. The van der Waals surface area contributed by atoms with E-state index in [1.165, 1.54) is 18.2 Å². The first-order valence-corrected chi connectivity index (χ1v) is 9.25. The molecule has 0 radical (unpaired) electrons. The molecule has 3 rings (SSSR count). The third-order valence-electron chi connectivity index (χ3n) is 4.74. The highest BCUT2D eigenvalue weighted by molar-refractivity contribution is 14.0. The average Bonchev–Trinajstić information content (AvgIpc) is 2.74. The quantitative estimate of drug-likeness (QED) is 0.201. The van der Waals surface area contributed by atoms with Crippen molar-refractivity contribution in [3.8, 4) is 0 Å². The number of nitro benzene ring substituents is 1. The first-order chi connectivity index (χ1) is 14.3. The number of hydrogen-bond acceptors (Lipinski definition) is 4. The number of non-ortho nitro benzene ring substituents is 1. The molecule has 0 bridgehead atoms. The predicted octanol–water partition coefficient (Wildman–Crippen LogP) is 4.38. The molecule has 2 aromatic rings. The van der Waals surface area contributed by atoms with Crippen LogP contribution >= 0.6 is 24.0 Å².